The van der Waals surface area contributed by atoms with Gasteiger partial charge in [-0.2, -0.15) is 0 Å². The number of anilines is 1. The monoisotopic (exact) mass is 417 g/mol. The molecular weight excluding hydrogens is 402 g/mol. The van der Waals surface area contributed by atoms with Gasteiger partial charge in [-0.25, -0.2) is 4.98 Å². The van der Waals surface area contributed by atoms with Crippen LogP contribution in [0.2, 0.25) is 0 Å². The minimum absolute atomic E-state index is 0.0494. The predicted molar refractivity (Wildman–Crippen MR) is 105 cm³/mol. The molecule has 0 radical (unpaired) electrons. The van der Waals surface area contributed by atoms with Crippen molar-refractivity contribution in [2.24, 2.45) is 0 Å². The first-order valence-corrected chi connectivity index (χ1v) is 9.91. The zero-order valence-corrected chi connectivity index (χ0v) is 16.1. The highest BCUT2D eigenvalue weighted by atomic mass is 32.1. The molecule has 2 heterocycles. The zero-order valence-electron chi connectivity index (χ0n) is 14.5. The molecule has 3 rings (SSSR count). The highest BCUT2D eigenvalue weighted by molar-refractivity contribution is 7.14. The number of hydrogen-bond acceptors (Lipinski definition) is 8. The molecule has 0 fully saturated rings. The number of esters is 1. The molecule has 0 saturated carbocycles. The number of carbonyl (C=O) groups excluding carboxylic acids is 2. The van der Waals surface area contributed by atoms with Crippen molar-refractivity contribution in [1.29, 1.82) is 0 Å². The fourth-order valence-electron chi connectivity index (χ4n) is 2.30. The highest BCUT2D eigenvalue weighted by Crippen LogP contribution is 2.18. The molecule has 3 aromatic rings. The maximum Gasteiger partial charge on any atom is 0.312 e. The number of non-ortho nitro benzene ring substituents is 1. The van der Waals surface area contributed by atoms with Crippen molar-refractivity contribution >= 4 is 45.4 Å². The van der Waals surface area contributed by atoms with Crippen LogP contribution in [0.15, 0.2) is 47.2 Å². The average molecular weight is 417 g/mol. The van der Waals surface area contributed by atoms with Crippen LogP contribution in [-0.2, 0) is 33.8 Å². The lowest BCUT2D eigenvalue weighted by molar-refractivity contribution is -0.384. The van der Waals surface area contributed by atoms with Crippen molar-refractivity contribution in [3.05, 3.63) is 73.4 Å². The molecule has 0 aliphatic rings. The molecule has 0 aliphatic heterocycles. The summed E-state index contributed by atoms with van der Waals surface area (Å²) in [4.78, 5) is 39.4. The van der Waals surface area contributed by atoms with E-state index in [0.29, 0.717) is 16.4 Å². The maximum atomic E-state index is 12.0. The van der Waals surface area contributed by atoms with Crippen LogP contribution >= 0.6 is 22.7 Å². The van der Waals surface area contributed by atoms with Crippen LogP contribution in [0.4, 0.5) is 10.8 Å². The van der Waals surface area contributed by atoms with Gasteiger partial charge in [-0.1, -0.05) is 18.2 Å². The minimum atomic E-state index is -0.506. The van der Waals surface area contributed by atoms with Gasteiger partial charge in [0.05, 0.1) is 23.5 Å². The summed E-state index contributed by atoms with van der Waals surface area (Å²) < 4.78 is 5.14. The third kappa shape index (κ3) is 5.69. The Balaban J connectivity index is 1.47. The number of nitrogens with zero attached hydrogens (tertiary/aromatic N) is 2. The van der Waals surface area contributed by atoms with E-state index in [1.165, 1.54) is 40.9 Å². The van der Waals surface area contributed by atoms with E-state index in [2.05, 4.69) is 10.3 Å². The van der Waals surface area contributed by atoms with Crippen LogP contribution in [0.5, 0.6) is 0 Å². The molecule has 10 heteroatoms. The zero-order chi connectivity index (χ0) is 19.9. The van der Waals surface area contributed by atoms with Gasteiger partial charge >= 0.3 is 5.97 Å². The van der Waals surface area contributed by atoms with Gasteiger partial charge < -0.3 is 10.1 Å². The summed E-state index contributed by atoms with van der Waals surface area (Å²) in [6, 6.07) is 9.67. The molecule has 8 nitrogen and oxygen atoms in total. The fraction of sp³-hybridized carbons (Fsp3) is 0.167. The quantitative estimate of drug-likeness (QED) is 0.341. The summed E-state index contributed by atoms with van der Waals surface area (Å²) in [6.45, 7) is -0.0605. The lowest BCUT2D eigenvalue weighted by Gasteiger charge is -2.04. The number of nitrogens with one attached hydrogen (secondary N) is 1. The number of rotatable bonds is 8. The number of benzene rings is 1. The molecule has 1 N–H and O–H groups in total. The number of thiazole rings is 1. The molecule has 2 aromatic heterocycles. The van der Waals surface area contributed by atoms with Crippen molar-refractivity contribution in [3.63, 3.8) is 0 Å². The number of hydrogen-bond donors (Lipinski definition) is 1. The summed E-state index contributed by atoms with van der Waals surface area (Å²) in [5.74, 6) is -0.676. The van der Waals surface area contributed by atoms with Gasteiger partial charge in [-0.3, -0.25) is 19.7 Å². The van der Waals surface area contributed by atoms with Crippen LogP contribution in [0.3, 0.4) is 0 Å². The second-order valence-electron chi connectivity index (χ2n) is 5.71. The lowest BCUT2D eigenvalue weighted by Crippen LogP contribution is -2.14. The number of carbonyl (C=O) groups is 2. The molecule has 0 unspecified atom stereocenters. The average Bonchev–Trinajstić information content (AvgIpc) is 3.32. The van der Waals surface area contributed by atoms with Crippen molar-refractivity contribution in [2.75, 3.05) is 5.32 Å². The molecule has 0 aliphatic carbocycles. The molecular formula is C18H15N3O5S2. The normalized spacial score (nSPS) is 10.4. The number of nitro groups is 1. The second kappa shape index (κ2) is 9.20. The molecule has 0 saturated heterocycles. The van der Waals surface area contributed by atoms with E-state index >= 15 is 0 Å². The van der Waals surface area contributed by atoms with E-state index < -0.39 is 10.9 Å². The first-order chi connectivity index (χ1) is 13.5. The van der Waals surface area contributed by atoms with Crippen molar-refractivity contribution < 1.29 is 19.2 Å². The molecule has 0 atom stereocenters. The van der Waals surface area contributed by atoms with Gasteiger partial charge in [-0.15, -0.1) is 22.7 Å². The fourth-order valence-corrected chi connectivity index (χ4v) is 3.73. The Morgan fingerprint density at radius 2 is 2.04 bits per heavy atom. The minimum Gasteiger partial charge on any atom is -0.461 e. The largest absolute Gasteiger partial charge is 0.461 e. The van der Waals surface area contributed by atoms with Gasteiger partial charge in [0.25, 0.3) is 5.69 Å². The van der Waals surface area contributed by atoms with E-state index in [-0.39, 0.29) is 31.0 Å². The third-order valence-electron chi connectivity index (χ3n) is 3.56. The molecule has 0 spiro atoms. The summed E-state index contributed by atoms with van der Waals surface area (Å²) in [5, 5.41) is 17.5. The van der Waals surface area contributed by atoms with Gasteiger partial charge in [0, 0.05) is 22.4 Å². The summed E-state index contributed by atoms with van der Waals surface area (Å²) in [6.07, 6.45) is 0.226. The summed E-state index contributed by atoms with van der Waals surface area (Å²) >= 11 is 2.73. The number of nitro benzene ring substituents is 1. The van der Waals surface area contributed by atoms with Crippen LogP contribution < -0.4 is 5.32 Å². The topological polar surface area (TPSA) is 111 Å². The SMILES string of the molecule is O=C(Cc1cccs1)Nc1nc(CC(=O)OCc2cccc([N+](=O)[O-])c2)cs1. The maximum absolute atomic E-state index is 12.0. The van der Waals surface area contributed by atoms with Gasteiger partial charge in [0.2, 0.25) is 5.91 Å². The Morgan fingerprint density at radius 1 is 1.18 bits per heavy atom. The van der Waals surface area contributed by atoms with Gasteiger partial charge in [0.1, 0.15) is 6.61 Å². The Kier molecular flexibility index (Phi) is 6.45. The van der Waals surface area contributed by atoms with Crippen molar-refractivity contribution in [2.45, 2.75) is 19.4 Å². The van der Waals surface area contributed by atoms with Crippen LogP contribution in [0.1, 0.15) is 16.1 Å². The van der Waals surface area contributed by atoms with E-state index in [1.54, 1.807) is 11.4 Å². The van der Waals surface area contributed by atoms with Gasteiger partial charge in [0.15, 0.2) is 5.13 Å². The number of ether oxygens (including phenoxy) is 1. The smallest absolute Gasteiger partial charge is 0.312 e. The predicted octanol–water partition coefficient (Wildman–Crippen LogP) is 3.58. The molecule has 1 amide bonds. The van der Waals surface area contributed by atoms with Crippen LogP contribution in [0, 0.1) is 10.1 Å². The van der Waals surface area contributed by atoms with Crippen LogP contribution in [-0.4, -0.2) is 21.8 Å². The number of aromatic nitrogens is 1. The number of amides is 1. The molecule has 0 bridgehead atoms. The van der Waals surface area contributed by atoms with E-state index in [1.807, 2.05) is 17.5 Å². The molecule has 1 aromatic carbocycles. The summed E-state index contributed by atoms with van der Waals surface area (Å²) in [7, 11) is 0. The van der Waals surface area contributed by atoms with Crippen molar-refractivity contribution in [1.82, 2.24) is 4.98 Å². The van der Waals surface area contributed by atoms with Crippen molar-refractivity contribution in [3.8, 4) is 0 Å². The van der Waals surface area contributed by atoms with E-state index in [4.69, 9.17) is 4.74 Å². The van der Waals surface area contributed by atoms with E-state index in [9.17, 15) is 19.7 Å². The summed E-state index contributed by atoms with van der Waals surface area (Å²) in [5.41, 5.74) is 0.957. The first-order valence-electron chi connectivity index (χ1n) is 8.15. The second-order valence-corrected chi connectivity index (χ2v) is 7.60. The first kappa shape index (κ1) is 19.6. The third-order valence-corrected chi connectivity index (χ3v) is 5.24. The molecule has 144 valence electrons. The highest BCUT2D eigenvalue weighted by Gasteiger charge is 2.12. The van der Waals surface area contributed by atoms with Crippen LogP contribution in [0.25, 0.3) is 0 Å². The Hall–Kier alpha value is -3.11. The Morgan fingerprint density at radius 3 is 2.79 bits per heavy atom. The van der Waals surface area contributed by atoms with Gasteiger partial charge in [-0.05, 0) is 17.0 Å². The molecule has 28 heavy (non-hydrogen) atoms. The Bertz CT molecular complexity index is 985. The van der Waals surface area contributed by atoms with E-state index in [0.717, 1.165) is 4.88 Å². The Labute approximate surface area is 168 Å². The number of thiophene rings is 1. The lowest BCUT2D eigenvalue weighted by atomic mass is 10.2. The standard InChI is InChI=1S/C18H15N3O5S2/c22-16(9-15-5-2-6-27-15)20-18-19-13(11-28-18)8-17(23)26-10-12-3-1-4-14(7-12)21(24)25/h1-7,11H,8-10H2,(H,19,20,22).